The lowest BCUT2D eigenvalue weighted by molar-refractivity contribution is 0.0586. The van der Waals surface area contributed by atoms with Gasteiger partial charge in [0.2, 0.25) is 0 Å². The predicted molar refractivity (Wildman–Crippen MR) is 53.4 cm³/mol. The smallest absolute Gasteiger partial charge is 0.0120 e. The summed E-state index contributed by atoms with van der Waals surface area (Å²) in [6.07, 6.45) is 7.12. The van der Waals surface area contributed by atoms with E-state index in [2.05, 4.69) is 4.90 Å². The third-order valence-electron chi connectivity index (χ3n) is 4.24. The van der Waals surface area contributed by atoms with E-state index >= 15 is 0 Å². The molecule has 2 nitrogen and oxygen atoms in total. The molecule has 2 aliphatic carbocycles. The van der Waals surface area contributed by atoms with Gasteiger partial charge in [0, 0.05) is 25.2 Å². The van der Waals surface area contributed by atoms with Crippen molar-refractivity contribution in [3.05, 3.63) is 0 Å². The molecule has 2 atom stereocenters. The number of nitrogens with zero attached hydrogens (tertiary/aromatic N) is 1. The molecule has 1 heterocycles. The molecule has 0 aromatic carbocycles. The zero-order valence-corrected chi connectivity index (χ0v) is 8.28. The van der Waals surface area contributed by atoms with Crippen molar-refractivity contribution >= 4 is 0 Å². The second kappa shape index (κ2) is 2.96. The zero-order valence-electron chi connectivity index (χ0n) is 8.28. The average molecular weight is 180 g/mol. The van der Waals surface area contributed by atoms with E-state index in [-0.39, 0.29) is 0 Å². The van der Waals surface area contributed by atoms with Crippen molar-refractivity contribution in [2.45, 2.75) is 44.2 Å². The van der Waals surface area contributed by atoms with Crippen LogP contribution in [0.1, 0.15) is 32.1 Å². The van der Waals surface area contributed by atoms with Crippen molar-refractivity contribution in [1.29, 1.82) is 0 Å². The summed E-state index contributed by atoms with van der Waals surface area (Å²) in [5.41, 5.74) is 6.24. The van der Waals surface area contributed by atoms with E-state index in [0.717, 1.165) is 17.9 Å². The Labute approximate surface area is 80.5 Å². The Kier molecular flexibility index (Phi) is 1.88. The maximum absolute atomic E-state index is 6.24. The van der Waals surface area contributed by atoms with Gasteiger partial charge in [-0.2, -0.15) is 0 Å². The van der Waals surface area contributed by atoms with Gasteiger partial charge in [0.05, 0.1) is 0 Å². The van der Waals surface area contributed by atoms with E-state index in [0.29, 0.717) is 6.04 Å². The molecule has 3 rings (SSSR count). The van der Waals surface area contributed by atoms with E-state index in [9.17, 15) is 0 Å². The molecule has 74 valence electrons. The second-order valence-corrected chi connectivity index (χ2v) is 5.21. The lowest BCUT2D eigenvalue weighted by Gasteiger charge is -2.46. The van der Waals surface area contributed by atoms with Crippen LogP contribution in [-0.2, 0) is 0 Å². The molecule has 2 bridgehead atoms. The molecular weight excluding hydrogens is 160 g/mol. The second-order valence-electron chi connectivity index (χ2n) is 5.21. The highest BCUT2D eigenvalue weighted by Crippen LogP contribution is 2.38. The van der Waals surface area contributed by atoms with Crippen molar-refractivity contribution < 1.29 is 0 Å². The van der Waals surface area contributed by atoms with Gasteiger partial charge in [0.15, 0.2) is 0 Å². The van der Waals surface area contributed by atoms with Crippen LogP contribution in [-0.4, -0.2) is 30.1 Å². The highest BCUT2D eigenvalue weighted by Gasteiger charge is 2.41. The molecule has 0 aromatic heterocycles. The topological polar surface area (TPSA) is 29.3 Å². The number of likely N-dealkylation sites (tertiary alicyclic amines) is 1. The third kappa shape index (κ3) is 1.40. The minimum Gasteiger partial charge on any atom is -0.327 e. The Morgan fingerprint density at radius 1 is 0.923 bits per heavy atom. The van der Waals surface area contributed by atoms with Crippen LogP contribution in [0.25, 0.3) is 0 Å². The average Bonchev–Trinajstić information content (AvgIpc) is 2.85. The Hall–Kier alpha value is -0.0800. The summed E-state index contributed by atoms with van der Waals surface area (Å²) in [7, 11) is 0. The van der Waals surface area contributed by atoms with Gasteiger partial charge in [0.25, 0.3) is 0 Å². The van der Waals surface area contributed by atoms with Crippen molar-refractivity contribution in [2.24, 2.45) is 17.6 Å². The Morgan fingerprint density at radius 3 is 2.08 bits per heavy atom. The van der Waals surface area contributed by atoms with Crippen molar-refractivity contribution in [3.63, 3.8) is 0 Å². The molecule has 3 fully saturated rings. The molecule has 2 heteroatoms. The maximum Gasteiger partial charge on any atom is 0.0120 e. The van der Waals surface area contributed by atoms with Crippen molar-refractivity contribution in [3.8, 4) is 0 Å². The van der Waals surface area contributed by atoms with Crippen LogP contribution in [0, 0.1) is 11.8 Å². The highest BCUT2D eigenvalue weighted by atomic mass is 15.2. The van der Waals surface area contributed by atoms with Crippen LogP contribution < -0.4 is 5.73 Å². The third-order valence-corrected chi connectivity index (χ3v) is 4.24. The predicted octanol–water partition coefficient (Wildman–Crippen LogP) is 1.21. The number of hydrogen-bond acceptors (Lipinski definition) is 2. The fraction of sp³-hybridized carbons (Fsp3) is 1.00. The summed E-state index contributed by atoms with van der Waals surface area (Å²) in [6, 6.07) is 1.49. The Balaban J connectivity index is 1.72. The van der Waals surface area contributed by atoms with Gasteiger partial charge in [-0.3, -0.25) is 4.90 Å². The van der Waals surface area contributed by atoms with Crippen LogP contribution >= 0.6 is 0 Å². The van der Waals surface area contributed by atoms with E-state index in [1.54, 1.807) is 0 Å². The van der Waals surface area contributed by atoms with E-state index in [1.165, 1.54) is 45.2 Å². The van der Waals surface area contributed by atoms with Gasteiger partial charge in [-0.1, -0.05) is 6.42 Å². The SMILES string of the molecule is NC1[C@H]2CCC[C@H]1CN(C1CC1)C2. The minimum absolute atomic E-state index is 0.531. The normalized spacial score (nSPS) is 46.4. The van der Waals surface area contributed by atoms with Crippen molar-refractivity contribution in [1.82, 2.24) is 4.90 Å². The summed E-state index contributed by atoms with van der Waals surface area (Å²) < 4.78 is 0. The summed E-state index contributed by atoms with van der Waals surface area (Å²) in [4.78, 5) is 2.72. The molecule has 1 aliphatic heterocycles. The number of nitrogens with two attached hydrogens (primary N) is 1. The molecule has 0 aromatic rings. The van der Waals surface area contributed by atoms with Crippen LogP contribution in [0.5, 0.6) is 0 Å². The number of hydrogen-bond donors (Lipinski definition) is 1. The zero-order chi connectivity index (χ0) is 8.84. The monoisotopic (exact) mass is 180 g/mol. The van der Waals surface area contributed by atoms with Gasteiger partial charge in [-0.05, 0) is 37.5 Å². The number of fused-ring (bicyclic) bond motifs is 2. The Bertz CT molecular complexity index is 186. The molecule has 0 spiro atoms. The number of rotatable bonds is 1. The molecule has 1 saturated heterocycles. The molecule has 13 heavy (non-hydrogen) atoms. The highest BCUT2D eigenvalue weighted by molar-refractivity contribution is 4.97. The molecule has 2 N–H and O–H groups in total. The largest absolute Gasteiger partial charge is 0.327 e. The van der Waals surface area contributed by atoms with Gasteiger partial charge in [-0.15, -0.1) is 0 Å². The fourth-order valence-electron chi connectivity index (χ4n) is 3.25. The van der Waals surface area contributed by atoms with E-state index in [1.807, 2.05) is 0 Å². The lowest BCUT2D eigenvalue weighted by Crippen LogP contribution is -2.55. The molecule has 2 saturated carbocycles. The first-order chi connectivity index (χ1) is 6.34. The van der Waals surface area contributed by atoms with Gasteiger partial charge < -0.3 is 5.73 Å². The summed E-state index contributed by atoms with van der Waals surface area (Å²) in [5.74, 6) is 1.65. The standard InChI is InChI=1S/C11H20N2/c12-11-8-2-1-3-9(11)7-13(6-8)10-4-5-10/h8-11H,1-7,12H2/t8-,9-/m0/s1. The lowest BCUT2D eigenvalue weighted by atomic mass is 9.74. The Morgan fingerprint density at radius 2 is 1.54 bits per heavy atom. The summed E-state index contributed by atoms with van der Waals surface area (Å²) >= 11 is 0. The quantitative estimate of drug-likeness (QED) is 0.657. The van der Waals surface area contributed by atoms with Crippen LogP contribution in [0.3, 0.4) is 0 Å². The summed E-state index contributed by atoms with van der Waals surface area (Å²) in [6.45, 7) is 2.62. The number of piperidine rings is 1. The van der Waals surface area contributed by atoms with E-state index in [4.69, 9.17) is 5.73 Å². The molecule has 3 aliphatic rings. The fourth-order valence-corrected chi connectivity index (χ4v) is 3.25. The first-order valence-corrected chi connectivity index (χ1v) is 5.84. The molecule has 0 radical (unpaired) electrons. The maximum atomic E-state index is 6.24. The first-order valence-electron chi connectivity index (χ1n) is 5.84. The van der Waals surface area contributed by atoms with E-state index < -0.39 is 0 Å². The van der Waals surface area contributed by atoms with Gasteiger partial charge in [-0.25, -0.2) is 0 Å². The minimum atomic E-state index is 0.531. The molecule has 0 amide bonds. The summed E-state index contributed by atoms with van der Waals surface area (Å²) in [5, 5.41) is 0. The first kappa shape index (κ1) is 8.25. The van der Waals surface area contributed by atoms with Crippen LogP contribution in [0.15, 0.2) is 0 Å². The molecular formula is C11H20N2. The van der Waals surface area contributed by atoms with Crippen LogP contribution in [0.2, 0.25) is 0 Å². The van der Waals surface area contributed by atoms with Gasteiger partial charge in [0.1, 0.15) is 0 Å². The molecule has 0 unspecified atom stereocenters. The van der Waals surface area contributed by atoms with Crippen molar-refractivity contribution in [2.75, 3.05) is 13.1 Å². The van der Waals surface area contributed by atoms with Gasteiger partial charge >= 0.3 is 0 Å². The van der Waals surface area contributed by atoms with Crippen LogP contribution in [0.4, 0.5) is 0 Å².